The summed E-state index contributed by atoms with van der Waals surface area (Å²) in [5, 5.41) is 17.1. The van der Waals surface area contributed by atoms with E-state index in [1.54, 1.807) is 10.9 Å². The third-order valence-electron chi connectivity index (χ3n) is 6.61. The molecule has 0 aliphatic heterocycles. The zero-order valence-electron chi connectivity index (χ0n) is 24.1. The fourth-order valence-electron chi connectivity index (χ4n) is 4.50. The molecule has 1 unspecified atom stereocenters. The minimum atomic E-state index is -5.08. The van der Waals surface area contributed by atoms with E-state index in [2.05, 4.69) is 15.4 Å². The second-order valence-electron chi connectivity index (χ2n) is 9.56. The average Bonchev–Trinajstić information content (AvgIpc) is 3.38. The van der Waals surface area contributed by atoms with Crippen LogP contribution in [0.25, 0.3) is 22.2 Å². The number of halogens is 4. The Hall–Kier alpha value is -5.20. The summed E-state index contributed by atoms with van der Waals surface area (Å²) in [5.74, 6) is -0.958. The highest BCUT2D eigenvalue weighted by molar-refractivity contribution is 5.93. The molecule has 13 heteroatoms. The fraction of sp³-hybridized carbons (Fsp3) is 0.226. The number of nitrogens with one attached hydrogen (secondary N) is 1. The number of hydrogen-bond donors (Lipinski definition) is 3. The Kier molecular flexibility index (Phi) is 9.67. The van der Waals surface area contributed by atoms with E-state index in [9.17, 15) is 13.2 Å². The predicted octanol–water partition coefficient (Wildman–Crippen LogP) is 6.55. The highest BCUT2D eigenvalue weighted by Crippen LogP contribution is 2.34. The number of carbonyl (C=O) groups is 1. The topological polar surface area (TPSA) is 128 Å². The van der Waals surface area contributed by atoms with Gasteiger partial charge in [0.1, 0.15) is 23.4 Å². The second-order valence-corrected chi connectivity index (χ2v) is 9.56. The van der Waals surface area contributed by atoms with Crippen LogP contribution in [-0.2, 0) is 18.3 Å². The summed E-state index contributed by atoms with van der Waals surface area (Å²) in [6.07, 6.45) is -2.71. The van der Waals surface area contributed by atoms with Crippen LogP contribution in [0.3, 0.4) is 0 Å². The largest absolute Gasteiger partial charge is 0.493 e. The van der Waals surface area contributed by atoms with Crippen LogP contribution in [0.5, 0.6) is 5.75 Å². The van der Waals surface area contributed by atoms with E-state index in [-0.39, 0.29) is 5.82 Å². The van der Waals surface area contributed by atoms with Crippen molar-refractivity contribution in [1.82, 2.24) is 19.7 Å². The smallest absolute Gasteiger partial charge is 0.490 e. The molecule has 0 fully saturated rings. The number of nitrogens with zero attached hydrogens (tertiary/aromatic N) is 4. The fourth-order valence-corrected chi connectivity index (χ4v) is 4.50. The lowest BCUT2D eigenvalue weighted by atomic mass is 9.99. The maximum atomic E-state index is 15.7. The number of nitrogen functional groups attached to an aromatic ring is 1. The Morgan fingerprint density at radius 3 is 2.43 bits per heavy atom. The van der Waals surface area contributed by atoms with Crippen molar-refractivity contribution in [2.24, 2.45) is 7.05 Å². The van der Waals surface area contributed by atoms with E-state index in [1.165, 1.54) is 6.07 Å². The number of benzene rings is 3. The Morgan fingerprint density at radius 1 is 1.09 bits per heavy atom. The Balaban J connectivity index is 0.000000566. The van der Waals surface area contributed by atoms with Gasteiger partial charge >= 0.3 is 12.1 Å². The van der Waals surface area contributed by atoms with Gasteiger partial charge in [-0.2, -0.15) is 18.3 Å². The summed E-state index contributed by atoms with van der Waals surface area (Å²) < 4.78 is 54.8. The highest BCUT2D eigenvalue weighted by atomic mass is 19.4. The molecular weight excluding hydrogens is 580 g/mol. The normalized spacial score (nSPS) is 11.9. The van der Waals surface area contributed by atoms with Crippen LogP contribution in [0, 0.1) is 5.82 Å². The van der Waals surface area contributed by atoms with Crippen molar-refractivity contribution >= 4 is 28.2 Å². The number of nitrogens with two attached hydrogens (primary N) is 1. The van der Waals surface area contributed by atoms with Gasteiger partial charge in [0, 0.05) is 41.5 Å². The minimum absolute atomic E-state index is 0.378. The molecule has 0 amide bonds. The highest BCUT2D eigenvalue weighted by Gasteiger charge is 2.38. The number of hydrogen-bond acceptors (Lipinski definition) is 7. The second kappa shape index (κ2) is 13.4. The summed E-state index contributed by atoms with van der Waals surface area (Å²) >= 11 is 0. The molecule has 0 radical (unpaired) electrons. The quantitative estimate of drug-likeness (QED) is 0.169. The molecule has 0 aliphatic carbocycles. The van der Waals surface area contributed by atoms with Crippen molar-refractivity contribution in [1.29, 1.82) is 0 Å². The predicted molar refractivity (Wildman–Crippen MR) is 159 cm³/mol. The first-order chi connectivity index (χ1) is 20.9. The minimum Gasteiger partial charge on any atom is -0.493 e. The van der Waals surface area contributed by atoms with Gasteiger partial charge in [-0.05, 0) is 54.6 Å². The molecule has 0 aliphatic rings. The van der Waals surface area contributed by atoms with Gasteiger partial charge in [0.2, 0.25) is 0 Å². The van der Waals surface area contributed by atoms with Gasteiger partial charge in [0.25, 0.3) is 0 Å². The third kappa shape index (κ3) is 7.22. The number of aliphatic carboxylic acids is 1. The lowest BCUT2D eigenvalue weighted by Gasteiger charge is -2.22. The van der Waals surface area contributed by atoms with Gasteiger partial charge in [-0.15, -0.1) is 0 Å². The lowest BCUT2D eigenvalue weighted by Crippen LogP contribution is -2.21. The van der Waals surface area contributed by atoms with E-state index in [4.69, 9.17) is 25.4 Å². The zero-order valence-corrected chi connectivity index (χ0v) is 24.1. The number of anilines is 2. The van der Waals surface area contributed by atoms with Crippen molar-refractivity contribution in [2.75, 3.05) is 17.7 Å². The van der Waals surface area contributed by atoms with Gasteiger partial charge in [-0.3, -0.25) is 4.68 Å². The van der Waals surface area contributed by atoms with Crippen LogP contribution < -0.4 is 15.8 Å². The number of alkyl halides is 3. The van der Waals surface area contributed by atoms with Gasteiger partial charge in [0.05, 0.1) is 6.61 Å². The van der Waals surface area contributed by atoms with Gasteiger partial charge < -0.3 is 20.9 Å². The van der Waals surface area contributed by atoms with Crippen LogP contribution >= 0.6 is 0 Å². The van der Waals surface area contributed by atoms with E-state index in [1.807, 2.05) is 81.6 Å². The summed E-state index contributed by atoms with van der Waals surface area (Å²) in [6, 6.07) is 20.1. The number of carboxylic acid groups (broad SMARTS) is 1. The molecule has 2 heterocycles. The van der Waals surface area contributed by atoms with Crippen molar-refractivity contribution in [3.63, 3.8) is 0 Å². The molecule has 4 N–H and O–H groups in total. The monoisotopic (exact) mass is 610 g/mol. The van der Waals surface area contributed by atoms with E-state index >= 15 is 4.39 Å². The SMILES string of the molecule is CCOc1cc(F)c(C(Nc2ccc3c(N)nccc3c2)c2nc(-c3ccccc3)nn2C)cc1CC.O=C(O)C(F)(F)F. The molecule has 0 bridgehead atoms. The first-order valence-corrected chi connectivity index (χ1v) is 13.5. The maximum Gasteiger partial charge on any atom is 0.490 e. The molecule has 5 rings (SSSR count). The van der Waals surface area contributed by atoms with E-state index < -0.39 is 18.2 Å². The molecule has 5 aromatic rings. The molecule has 1 atom stereocenters. The van der Waals surface area contributed by atoms with Crippen molar-refractivity contribution in [2.45, 2.75) is 32.5 Å². The average molecular weight is 611 g/mol. The van der Waals surface area contributed by atoms with Crippen LogP contribution in [-0.4, -0.2) is 43.6 Å². The zero-order chi connectivity index (χ0) is 32.0. The molecule has 9 nitrogen and oxygen atoms in total. The Bertz CT molecular complexity index is 1760. The van der Waals surface area contributed by atoms with Gasteiger partial charge in [-0.25, -0.2) is 19.2 Å². The van der Waals surface area contributed by atoms with E-state index in [0.717, 1.165) is 27.6 Å². The lowest BCUT2D eigenvalue weighted by molar-refractivity contribution is -0.192. The van der Waals surface area contributed by atoms with Crippen LogP contribution in [0.1, 0.15) is 36.8 Å². The van der Waals surface area contributed by atoms with Gasteiger partial charge in [-0.1, -0.05) is 37.3 Å². The maximum absolute atomic E-state index is 15.7. The molecule has 0 saturated carbocycles. The number of pyridine rings is 1. The Morgan fingerprint density at radius 2 is 1.80 bits per heavy atom. The summed E-state index contributed by atoms with van der Waals surface area (Å²) in [4.78, 5) is 17.9. The van der Waals surface area contributed by atoms with Gasteiger partial charge in [0.15, 0.2) is 11.6 Å². The first kappa shape index (κ1) is 31.7. The van der Waals surface area contributed by atoms with E-state index in [0.29, 0.717) is 41.8 Å². The summed E-state index contributed by atoms with van der Waals surface area (Å²) in [5.41, 5.74) is 9.11. The summed E-state index contributed by atoms with van der Waals surface area (Å²) in [7, 11) is 1.82. The molecule has 2 aromatic heterocycles. The summed E-state index contributed by atoms with van der Waals surface area (Å²) in [6.45, 7) is 4.38. The van der Waals surface area contributed by atoms with Crippen LogP contribution in [0.15, 0.2) is 72.9 Å². The molecule has 3 aromatic carbocycles. The molecule has 0 saturated heterocycles. The molecular formula is C31H30F4N6O3. The van der Waals surface area contributed by atoms with Crippen LogP contribution in [0.4, 0.5) is 29.1 Å². The number of carboxylic acids is 1. The molecule has 230 valence electrons. The standard InChI is InChI=1S/C29H29FN6O.C2HF3O2/c1-4-18-16-23(24(30)17-25(18)37-5-2)26(29-34-28(35-36(29)3)19-9-7-6-8-10-19)33-21-11-12-22-20(15-21)13-14-32-27(22)31;3-2(4,5)1(6)7/h6-17,26,33H,4-5H2,1-3H3,(H2,31,32);(H,6,7). The van der Waals surface area contributed by atoms with Crippen molar-refractivity contribution in [3.8, 4) is 17.1 Å². The molecule has 0 spiro atoms. The van der Waals surface area contributed by atoms with Crippen molar-refractivity contribution in [3.05, 3.63) is 95.7 Å². The number of aromatic nitrogens is 4. The third-order valence-corrected chi connectivity index (χ3v) is 6.61. The number of ether oxygens (including phenoxy) is 1. The van der Waals surface area contributed by atoms with Crippen LogP contribution in [0.2, 0.25) is 0 Å². The number of rotatable bonds is 8. The number of fused-ring (bicyclic) bond motifs is 1. The molecule has 44 heavy (non-hydrogen) atoms. The van der Waals surface area contributed by atoms with Crippen molar-refractivity contribution < 1.29 is 32.2 Å². The Labute approximate surface area is 250 Å². The first-order valence-electron chi connectivity index (χ1n) is 13.5. The number of aryl methyl sites for hydroxylation is 2.